The Kier molecular flexibility index (Phi) is 5.81. The summed E-state index contributed by atoms with van der Waals surface area (Å²) in [7, 11) is 0. The molecular weight excluding hydrogens is 222 g/mol. The Hall–Kier alpha value is -0.570. The molecule has 0 saturated heterocycles. The average Bonchev–Trinajstić information content (AvgIpc) is 2.16. The maximum atomic E-state index is 9.66. The lowest BCUT2D eigenvalue weighted by molar-refractivity contribution is 0.146. The highest BCUT2D eigenvalue weighted by Gasteiger charge is 2.05. The van der Waals surface area contributed by atoms with Gasteiger partial charge in [-0.3, -0.25) is 0 Å². The van der Waals surface area contributed by atoms with Gasteiger partial charge in [-0.05, 0) is 30.0 Å². The van der Waals surface area contributed by atoms with E-state index in [1.807, 2.05) is 24.3 Å². The van der Waals surface area contributed by atoms with E-state index in [0.717, 1.165) is 23.6 Å². The van der Waals surface area contributed by atoms with Gasteiger partial charge in [-0.15, -0.1) is 0 Å². The lowest BCUT2D eigenvalue weighted by atomic mass is 10.1. The Morgan fingerprint density at radius 1 is 1.38 bits per heavy atom. The van der Waals surface area contributed by atoms with Crippen molar-refractivity contribution in [2.45, 2.75) is 32.9 Å². The van der Waals surface area contributed by atoms with Crippen LogP contribution in [0.25, 0.3) is 0 Å². The normalized spacial score (nSPS) is 13.1. The Labute approximate surface area is 103 Å². The molecule has 2 nitrogen and oxygen atoms in total. The second-order valence-corrected chi connectivity index (χ2v) is 4.98. The molecule has 0 aliphatic rings. The van der Waals surface area contributed by atoms with Crippen molar-refractivity contribution in [3.05, 3.63) is 34.9 Å². The molecule has 0 aliphatic heterocycles. The summed E-state index contributed by atoms with van der Waals surface area (Å²) in [5.74, 6) is 0.531. The molecule has 0 heterocycles. The van der Waals surface area contributed by atoms with E-state index in [-0.39, 0.29) is 6.10 Å². The van der Waals surface area contributed by atoms with Gasteiger partial charge < -0.3 is 10.4 Å². The zero-order chi connectivity index (χ0) is 12.0. The van der Waals surface area contributed by atoms with Crippen LogP contribution in [0.1, 0.15) is 25.8 Å². The van der Waals surface area contributed by atoms with Crippen LogP contribution in [0, 0.1) is 5.92 Å². The molecule has 0 aliphatic carbocycles. The van der Waals surface area contributed by atoms with Crippen molar-refractivity contribution < 1.29 is 5.11 Å². The van der Waals surface area contributed by atoms with Crippen molar-refractivity contribution in [3.8, 4) is 0 Å². The molecule has 0 bridgehead atoms. The first kappa shape index (κ1) is 13.5. The van der Waals surface area contributed by atoms with E-state index in [1.54, 1.807) is 0 Å². The van der Waals surface area contributed by atoms with E-state index in [4.69, 9.17) is 11.6 Å². The number of aliphatic hydroxyl groups excluding tert-OH is 1. The highest BCUT2D eigenvalue weighted by Crippen LogP contribution is 2.10. The van der Waals surface area contributed by atoms with Crippen LogP contribution in [0.2, 0.25) is 5.02 Å². The molecule has 16 heavy (non-hydrogen) atoms. The number of hydrogen-bond donors (Lipinski definition) is 2. The van der Waals surface area contributed by atoms with Crippen molar-refractivity contribution in [2.24, 2.45) is 5.92 Å². The number of nitrogens with one attached hydrogen (secondary N) is 1. The van der Waals surface area contributed by atoms with E-state index in [9.17, 15) is 5.11 Å². The van der Waals surface area contributed by atoms with Crippen LogP contribution in [0.5, 0.6) is 0 Å². The Balaban J connectivity index is 2.25. The van der Waals surface area contributed by atoms with Crippen molar-refractivity contribution in [1.82, 2.24) is 5.32 Å². The van der Waals surface area contributed by atoms with E-state index in [0.29, 0.717) is 12.5 Å². The topological polar surface area (TPSA) is 32.3 Å². The van der Waals surface area contributed by atoms with Gasteiger partial charge in [0.05, 0.1) is 6.10 Å². The predicted molar refractivity (Wildman–Crippen MR) is 68.6 cm³/mol. The molecule has 0 fully saturated rings. The number of rotatable bonds is 6. The van der Waals surface area contributed by atoms with Gasteiger partial charge in [0.25, 0.3) is 0 Å². The fourth-order valence-corrected chi connectivity index (χ4v) is 1.87. The monoisotopic (exact) mass is 241 g/mol. The quantitative estimate of drug-likeness (QED) is 0.803. The fourth-order valence-electron chi connectivity index (χ4n) is 1.66. The third kappa shape index (κ3) is 5.50. The summed E-state index contributed by atoms with van der Waals surface area (Å²) in [6.45, 7) is 5.60. The number of hydrogen-bond acceptors (Lipinski definition) is 2. The standard InChI is InChI=1S/C13H20ClNO/c1-10(2)6-13(16)9-15-8-11-4-3-5-12(14)7-11/h3-5,7,10,13,15-16H,6,8-9H2,1-2H3. The maximum Gasteiger partial charge on any atom is 0.0667 e. The third-order valence-electron chi connectivity index (χ3n) is 2.34. The van der Waals surface area contributed by atoms with Crippen LogP contribution in [-0.4, -0.2) is 17.8 Å². The van der Waals surface area contributed by atoms with Gasteiger partial charge in [0.2, 0.25) is 0 Å². The van der Waals surface area contributed by atoms with Gasteiger partial charge in [0.1, 0.15) is 0 Å². The molecule has 1 aromatic carbocycles. The first-order valence-electron chi connectivity index (χ1n) is 5.71. The molecule has 1 unspecified atom stereocenters. The van der Waals surface area contributed by atoms with Crippen LogP contribution in [0.15, 0.2) is 24.3 Å². The van der Waals surface area contributed by atoms with Crippen molar-refractivity contribution in [1.29, 1.82) is 0 Å². The zero-order valence-electron chi connectivity index (χ0n) is 9.91. The molecule has 3 heteroatoms. The molecule has 0 spiro atoms. The molecule has 0 aromatic heterocycles. The van der Waals surface area contributed by atoms with Gasteiger partial charge >= 0.3 is 0 Å². The summed E-state index contributed by atoms with van der Waals surface area (Å²) in [5.41, 5.74) is 1.14. The minimum absolute atomic E-state index is 0.265. The second-order valence-electron chi connectivity index (χ2n) is 4.54. The summed E-state index contributed by atoms with van der Waals surface area (Å²) >= 11 is 5.88. The lowest BCUT2D eigenvalue weighted by Gasteiger charge is -2.13. The first-order chi connectivity index (χ1) is 7.58. The van der Waals surface area contributed by atoms with E-state index in [2.05, 4.69) is 19.2 Å². The molecular formula is C13H20ClNO. The van der Waals surface area contributed by atoms with Gasteiger partial charge in [0.15, 0.2) is 0 Å². The number of aliphatic hydroxyl groups is 1. The van der Waals surface area contributed by atoms with Crippen molar-refractivity contribution in [3.63, 3.8) is 0 Å². The van der Waals surface area contributed by atoms with Crippen LogP contribution >= 0.6 is 11.6 Å². The smallest absolute Gasteiger partial charge is 0.0667 e. The highest BCUT2D eigenvalue weighted by molar-refractivity contribution is 6.30. The van der Waals surface area contributed by atoms with Crippen LogP contribution in [-0.2, 0) is 6.54 Å². The Morgan fingerprint density at radius 3 is 2.75 bits per heavy atom. The highest BCUT2D eigenvalue weighted by atomic mass is 35.5. The SMILES string of the molecule is CC(C)CC(O)CNCc1cccc(Cl)c1. The molecule has 1 aromatic rings. The first-order valence-corrected chi connectivity index (χ1v) is 6.09. The van der Waals surface area contributed by atoms with E-state index < -0.39 is 0 Å². The molecule has 0 saturated carbocycles. The van der Waals surface area contributed by atoms with Gasteiger partial charge in [-0.25, -0.2) is 0 Å². The van der Waals surface area contributed by atoms with Gasteiger partial charge in [-0.1, -0.05) is 37.6 Å². The van der Waals surface area contributed by atoms with Gasteiger partial charge in [-0.2, -0.15) is 0 Å². The Bertz CT molecular complexity index is 315. The molecule has 1 atom stereocenters. The fraction of sp³-hybridized carbons (Fsp3) is 0.538. The minimum atomic E-state index is -0.265. The predicted octanol–water partition coefficient (Wildman–Crippen LogP) is 2.84. The van der Waals surface area contributed by atoms with Crippen LogP contribution in [0.3, 0.4) is 0 Å². The summed E-state index contributed by atoms with van der Waals surface area (Å²) in [6.07, 6.45) is 0.571. The summed E-state index contributed by atoms with van der Waals surface area (Å²) in [6, 6.07) is 7.75. The number of benzene rings is 1. The maximum absolute atomic E-state index is 9.66. The third-order valence-corrected chi connectivity index (χ3v) is 2.58. The minimum Gasteiger partial charge on any atom is -0.392 e. The summed E-state index contributed by atoms with van der Waals surface area (Å²) < 4.78 is 0. The molecule has 0 amide bonds. The van der Waals surface area contributed by atoms with Crippen LogP contribution in [0.4, 0.5) is 0 Å². The average molecular weight is 242 g/mol. The molecule has 1 rings (SSSR count). The zero-order valence-corrected chi connectivity index (χ0v) is 10.7. The molecule has 0 radical (unpaired) electrons. The summed E-state index contributed by atoms with van der Waals surface area (Å²) in [5, 5.41) is 13.6. The number of halogens is 1. The molecule has 90 valence electrons. The van der Waals surface area contributed by atoms with Crippen molar-refractivity contribution in [2.75, 3.05) is 6.54 Å². The van der Waals surface area contributed by atoms with E-state index in [1.165, 1.54) is 0 Å². The molecule has 2 N–H and O–H groups in total. The largest absolute Gasteiger partial charge is 0.392 e. The van der Waals surface area contributed by atoms with Crippen molar-refractivity contribution >= 4 is 11.6 Å². The van der Waals surface area contributed by atoms with Gasteiger partial charge in [0, 0.05) is 18.1 Å². The second kappa shape index (κ2) is 6.89. The van der Waals surface area contributed by atoms with Crippen LogP contribution < -0.4 is 5.32 Å². The Morgan fingerprint density at radius 2 is 2.12 bits per heavy atom. The summed E-state index contributed by atoms with van der Waals surface area (Å²) in [4.78, 5) is 0. The van der Waals surface area contributed by atoms with E-state index >= 15 is 0 Å². The lowest BCUT2D eigenvalue weighted by Crippen LogP contribution is -2.27.